The predicted octanol–water partition coefficient (Wildman–Crippen LogP) is 3.33. The van der Waals surface area contributed by atoms with Gasteiger partial charge in [-0.3, -0.25) is 0 Å². The van der Waals surface area contributed by atoms with Gasteiger partial charge >= 0.3 is 0 Å². The van der Waals surface area contributed by atoms with Crippen molar-refractivity contribution in [1.29, 1.82) is 0 Å². The Labute approximate surface area is 104 Å². The Morgan fingerprint density at radius 2 is 2.12 bits per heavy atom. The van der Waals surface area contributed by atoms with Gasteiger partial charge in [0.1, 0.15) is 5.75 Å². The van der Waals surface area contributed by atoms with E-state index in [9.17, 15) is 0 Å². The smallest absolute Gasteiger partial charge is 0.122 e. The Balaban J connectivity index is 2.18. The zero-order chi connectivity index (χ0) is 12.1. The predicted molar refractivity (Wildman–Crippen MR) is 71.7 cm³/mol. The molecule has 0 aromatic heterocycles. The quantitative estimate of drug-likeness (QED) is 0.842. The van der Waals surface area contributed by atoms with Crippen molar-refractivity contribution in [2.75, 3.05) is 13.7 Å². The van der Waals surface area contributed by atoms with E-state index in [1.807, 2.05) is 0 Å². The van der Waals surface area contributed by atoms with Crippen LogP contribution < -0.4 is 10.1 Å². The monoisotopic (exact) mass is 233 g/mol. The molecule has 1 aromatic rings. The van der Waals surface area contributed by atoms with Crippen molar-refractivity contribution in [2.24, 2.45) is 0 Å². The second-order valence-corrected chi connectivity index (χ2v) is 4.82. The average Bonchev–Trinajstić information content (AvgIpc) is 2.84. The van der Waals surface area contributed by atoms with Gasteiger partial charge in [0, 0.05) is 12.0 Å². The van der Waals surface area contributed by atoms with Crippen molar-refractivity contribution < 1.29 is 4.74 Å². The molecule has 1 aromatic carbocycles. The lowest BCUT2D eigenvalue weighted by atomic mass is 9.93. The van der Waals surface area contributed by atoms with Gasteiger partial charge in [0.2, 0.25) is 0 Å². The molecule has 2 unspecified atom stereocenters. The van der Waals surface area contributed by atoms with Crippen LogP contribution in [0.15, 0.2) is 24.3 Å². The first-order valence-corrected chi connectivity index (χ1v) is 6.75. The zero-order valence-corrected chi connectivity index (χ0v) is 10.9. The van der Waals surface area contributed by atoms with Crippen LogP contribution in [0.3, 0.4) is 0 Å². The fourth-order valence-electron chi connectivity index (χ4n) is 2.81. The third-order valence-corrected chi connectivity index (χ3v) is 3.67. The van der Waals surface area contributed by atoms with E-state index in [-0.39, 0.29) is 0 Å². The Kier molecular flexibility index (Phi) is 4.43. The van der Waals surface area contributed by atoms with Crippen LogP contribution >= 0.6 is 0 Å². The van der Waals surface area contributed by atoms with Gasteiger partial charge in [-0.15, -0.1) is 0 Å². The third kappa shape index (κ3) is 2.81. The molecule has 0 amide bonds. The molecule has 1 saturated carbocycles. The molecular formula is C15H23NO. The Morgan fingerprint density at radius 3 is 2.88 bits per heavy atom. The fraction of sp³-hybridized carbons (Fsp3) is 0.600. The number of nitrogens with one attached hydrogen (secondary N) is 1. The summed E-state index contributed by atoms with van der Waals surface area (Å²) in [5.41, 5.74) is 1.39. The van der Waals surface area contributed by atoms with E-state index >= 15 is 0 Å². The van der Waals surface area contributed by atoms with E-state index in [0.29, 0.717) is 12.0 Å². The van der Waals surface area contributed by atoms with Gasteiger partial charge in [0.15, 0.2) is 0 Å². The fourth-order valence-corrected chi connectivity index (χ4v) is 2.81. The summed E-state index contributed by atoms with van der Waals surface area (Å²) in [7, 11) is 2.07. The number of rotatable bonds is 5. The van der Waals surface area contributed by atoms with E-state index < -0.39 is 0 Å². The summed E-state index contributed by atoms with van der Waals surface area (Å²) in [5.74, 6) is 1.70. The molecule has 0 bridgehead atoms. The van der Waals surface area contributed by atoms with E-state index in [4.69, 9.17) is 4.74 Å². The number of likely N-dealkylation sites (N-methyl/N-ethyl adjacent to an activating group) is 1. The maximum absolute atomic E-state index is 5.86. The zero-order valence-electron chi connectivity index (χ0n) is 10.9. The topological polar surface area (TPSA) is 21.3 Å². The summed E-state index contributed by atoms with van der Waals surface area (Å²) < 4.78 is 5.86. The highest BCUT2D eigenvalue weighted by Gasteiger charge is 2.29. The molecule has 0 aliphatic heterocycles. The molecular weight excluding hydrogens is 210 g/mol. The molecule has 0 saturated heterocycles. The molecule has 2 heteroatoms. The maximum Gasteiger partial charge on any atom is 0.122 e. The summed E-state index contributed by atoms with van der Waals surface area (Å²) in [6, 6.07) is 9.14. The van der Waals surface area contributed by atoms with Crippen molar-refractivity contribution in [3.8, 4) is 5.75 Å². The van der Waals surface area contributed by atoms with Gasteiger partial charge in [0.25, 0.3) is 0 Å². The number of benzene rings is 1. The maximum atomic E-state index is 5.86. The van der Waals surface area contributed by atoms with Gasteiger partial charge in [-0.25, -0.2) is 0 Å². The largest absolute Gasteiger partial charge is 0.493 e. The summed E-state index contributed by atoms with van der Waals surface area (Å²) in [5, 5.41) is 3.44. The van der Waals surface area contributed by atoms with Crippen LogP contribution in [-0.4, -0.2) is 19.7 Å². The van der Waals surface area contributed by atoms with Crippen LogP contribution in [0, 0.1) is 0 Å². The Morgan fingerprint density at radius 1 is 1.29 bits per heavy atom. The average molecular weight is 233 g/mol. The highest BCUT2D eigenvalue weighted by atomic mass is 16.5. The van der Waals surface area contributed by atoms with Crippen molar-refractivity contribution in [3.63, 3.8) is 0 Å². The lowest BCUT2D eigenvalue weighted by Crippen LogP contribution is -2.27. The second-order valence-electron chi connectivity index (χ2n) is 4.82. The van der Waals surface area contributed by atoms with Crippen LogP contribution in [0.4, 0.5) is 0 Å². The number of ether oxygens (including phenoxy) is 1. The lowest BCUT2D eigenvalue weighted by molar-refractivity contribution is 0.310. The molecule has 17 heavy (non-hydrogen) atoms. The first kappa shape index (κ1) is 12.4. The highest BCUT2D eigenvalue weighted by Crippen LogP contribution is 2.38. The minimum atomic E-state index is 0.612. The van der Waals surface area contributed by atoms with Crippen LogP contribution in [0.25, 0.3) is 0 Å². The third-order valence-electron chi connectivity index (χ3n) is 3.67. The van der Waals surface area contributed by atoms with E-state index in [2.05, 4.69) is 43.6 Å². The van der Waals surface area contributed by atoms with Crippen molar-refractivity contribution in [3.05, 3.63) is 29.8 Å². The molecule has 94 valence electrons. The van der Waals surface area contributed by atoms with Gasteiger partial charge < -0.3 is 10.1 Å². The molecule has 1 aliphatic carbocycles. The molecule has 2 rings (SSSR count). The number of para-hydroxylation sites is 1. The second kappa shape index (κ2) is 6.06. The lowest BCUT2D eigenvalue weighted by Gasteiger charge is -2.22. The molecule has 1 aliphatic rings. The minimum absolute atomic E-state index is 0.612. The molecule has 0 spiro atoms. The number of hydrogen-bond acceptors (Lipinski definition) is 2. The Bertz CT molecular complexity index is 351. The summed E-state index contributed by atoms with van der Waals surface area (Å²) in [6.07, 6.45) is 4.94. The normalized spacial score (nSPS) is 23.9. The number of hydrogen-bond donors (Lipinski definition) is 1. The summed E-state index contributed by atoms with van der Waals surface area (Å²) in [4.78, 5) is 0. The van der Waals surface area contributed by atoms with Gasteiger partial charge in [0.05, 0.1) is 6.61 Å². The summed E-state index contributed by atoms with van der Waals surface area (Å²) in [6.45, 7) is 2.96. The molecule has 2 nitrogen and oxygen atoms in total. The van der Waals surface area contributed by atoms with Crippen molar-refractivity contribution in [2.45, 2.75) is 44.6 Å². The molecule has 1 fully saturated rings. The standard InChI is InChI=1S/C15H23NO/c1-3-11-17-15-10-5-4-7-13(15)12-8-6-9-14(12)16-2/h4-5,7,10,12,14,16H,3,6,8-9,11H2,1-2H3. The minimum Gasteiger partial charge on any atom is -0.493 e. The van der Waals surface area contributed by atoms with Gasteiger partial charge in [-0.1, -0.05) is 31.5 Å². The van der Waals surface area contributed by atoms with Crippen molar-refractivity contribution in [1.82, 2.24) is 5.32 Å². The van der Waals surface area contributed by atoms with E-state index in [0.717, 1.165) is 18.8 Å². The van der Waals surface area contributed by atoms with Crippen LogP contribution in [-0.2, 0) is 0 Å². The molecule has 0 heterocycles. The van der Waals surface area contributed by atoms with Crippen LogP contribution in [0.5, 0.6) is 5.75 Å². The Hall–Kier alpha value is -1.02. The molecule has 0 radical (unpaired) electrons. The highest BCUT2D eigenvalue weighted by molar-refractivity contribution is 5.37. The molecule has 2 atom stereocenters. The first-order chi connectivity index (χ1) is 8.36. The van der Waals surface area contributed by atoms with Crippen LogP contribution in [0.2, 0.25) is 0 Å². The van der Waals surface area contributed by atoms with Crippen molar-refractivity contribution >= 4 is 0 Å². The van der Waals surface area contributed by atoms with Crippen LogP contribution in [0.1, 0.15) is 44.1 Å². The van der Waals surface area contributed by atoms with Gasteiger partial charge in [-0.2, -0.15) is 0 Å². The van der Waals surface area contributed by atoms with Gasteiger partial charge in [-0.05, 0) is 37.9 Å². The summed E-state index contributed by atoms with van der Waals surface area (Å²) >= 11 is 0. The van der Waals surface area contributed by atoms with E-state index in [1.165, 1.54) is 24.8 Å². The first-order valence-electron chi connectivity index (χ1n) is 6.75. The molecule has 1 N–H and O–H groups in total. The SMILES string of the molecule is CCCOc1ccccc1C1CCCC1NC. The van der Waals surface area contributed by atoms with E-state index in [1.54, 1.807) is 0 Å².